The molecule has 4 heteroatoms. The Morgan fingerprint density at radius 1 is 1.32 bits per heavy atom. The third-order valence-electron chi connectivity index (χ3n) is 3.97. The number of hydrogen-bond donors (Lipinski definition) is 2. The van der Waals surface area contributed by atoms with Gasteiger partial charge in [0, 0.05) is 24.7 Å². The third-order valence-corrected chi connectivity index (χ3v) is 3.97. The monoisotopic (exact) mass is 258 g/mol. The number of aromatic amines is 1. The summed E-state index contributed by atoms with van der Waals surface area (Å²) in [5.74, 6) is 0.438. The Balaban J connectivity index is 1.98. The summed E-state index contributed by atoms with van der Waals surface area (Å²) in [5.41, 5.74) is 1.19. The van der Waals surface area contributed by atoms with E-state index in [1.54, 1.807) is 0 Å². The highest BCUT2D eigenvalue weighted by atomic mass is 16.3. The molecular weight excluding hydrogens is 240 g/mol. The van der Waals surface area contributed by atoms with Gasteiger partial charge in [0.25, 0.3) is 5.56 Å². The van der Waals surface area contributed by atoms with Gasteiger partial charge in [-0.3, -0.25) is 4.79 Å². The first-order valence-electron chi connectivity index (χ1n) is 6.73. The maximum absolute atomic E-state index is 11.8. The molecule has 0 radical (unpaired) electrons. The summed E-state index contributed by atoms with van der Waals surface area (Å²) in [6.45, 7) is 2.91. The lowest BCUT2D eigenvalue weighted by molar-refractivity contribution is 0.220. The number of H-pyrrole nitrogens is 1. The predicted octanol–water partition coefficient (Wildman–Crippen LogP) is 1.31. The molecule has 1 aromatic carbocycles. The van der Waals surface area contributed by atoms with Crippen LogP contribution in [0.5, 0.6) is 0 Å². The molecule has 2 N–H and O–H groups in total. The van der Waals surface area contributed by atoms with Gasteiger partial charge in [0.05, 0.1) is 6.61 Å². The van der Waals surface area contributed by atoms with E-state index in [1.165, 1.54) is 5.56 Å². The number of aliphatic hydroxyl groups is 1. The van der Waals surface area contributed by atoms with Crippen LogP contribution in [0.15, 0.2) is 35.3 Å². The van der Waals surface area contributed by atoms with Crippen molar-refractivity contribution < 1.29 is 5.11 Å². The Morgan fingerprint density at radius 3 is 2.89 bits per heavy atom. The summed E-state index contributed by atoms with van der Waals surface area (Å²) in [6.07, 6.45) is 2.94. The third kappa shape index (κ3) is 2.29. The van der Waals surface area contributed by atoms with Gasteiger partial charge in [-0.15, -0.1) is 0 Å². The van der Waals surface area contributed by atoms with Gasteiger partial charge in [-0.25, -0.2) is 0 Å². The number of nitrogens with zero attached hydrogens (tertiary/aromatic N) is 1. The number of nitrogens with one attached hydrogen (secondary N) is 1. The van der Waals surface area contributed by atoms with Crippen molar-refractivity contribution in [1.82, 2.24) is 9.88 Å². The van der Waals surface area contributed by atoms with E-state index in [4.69, 9.17) is 5.11 Å². The molecular formula is C15H18N2O2. The van der Waals surface area contributed by atoms with E-state index in [1.807, 2.05) is 30.5 Å². The zero-order valence-electron chi connectivity index (χ0n) is 10.8. The fourth-order valence-corrected chi connectivity index (χ4v) is 3.00. The molecule has 0 amide bonds. The second-order valence-electron chi connectivity index (χ2n) is 5.13. The lowest BCUT2D eigenvalue weighted by atomic mass is 9.95. The summed E-state index contributed by atoms with van der Waals surface area (Å²) in [6, 6.07) is 7.77. The van der Waals surface area contributed by atoms with Crippen LogP contribution in [0, 0.1) is 0 Å². The molecule has 1 saturated heterocycles. The molecule has 0 aliphatic carbocycles. The minimum atomic E-state index is -0.0236. The molecule has 0 saturated carbocycles. The quantitative estimate of drug-likeness (QED) is 0.872. The van der Waals surface area contributed by atoms with Crippen molar-refractivity contribution in [2.75, 3.05) is 26.2 Å². The van der Waals surface area contributed by atoms with Crippen LogP contribution in [0.25, 0.3) is 10.8 Å². The van der Waals surface area contributed by atoms with Crippen LogP contribution in [0.1, 0.15) is 17.9 Å². The van der Waals surface area contributed by atoms with Gasteiger partial charge in [-0.1, -0.05) is 18.2 Å². The van der Waals surface area contributed by atoms with Crippen LogP contribution in [0.4, 0.5) is 0 Å². The van der Waals surface area contributed by atoms with Gasteiger partial charge in [0.1, 0.15) is 0 Å². The largest absolute Gasteiger partial charge is 0.395 e. The number of benzene rings is 1. The SMILES string of the molecule is O=c1[nH]cc(C2CCN(CCO)C2)c2ccccc12. The number of aliphatic hydroxyl groups excluding tert-OH is 1. The summed E-state index contributed by atoms with van der Waals surface area (Å²) in [7, 11) is 0. The second-order valence-corrected chi connectivity index (χ2v) is 5.13. The topological polar surface area (TPSA) is 56.3 Å². The summed E-state index contributed by atoms with van der Waals surface area (Å²) in [5, 5.41) is 10.8. The maximum atomic E-state index is 11.8. The standard InChI is InChI=1S/C15H18N2O2/c18-8-7-17-6-5-11(10-17)14-9-16-15(19)13-4-2-1-3-12(13)14/h1-4,9,11,18H,5-8,10H2,(H,16,19). The molecule has 0 spiro atoms. The molecule has 100 valence electrons. The highest BCUT2D eigenvalue weighted by Crippen LogP contribution is 2.30. The van der Waals surface area contributed by atoms with Crippen LogP contribution in [-0.4, -0.2) is 41.2 Å². The van der Waals surface area contributed by atoms with Gasteiger partial charge in [-0.2, -0.15) is 0 Å². The summed E-state index contributed by atoms with van der Waals surface area (Å²) in [4.78, 5) is 16.9. The van der Waals surface area contributed by atoms with Gasteiger partial charge in [0.2, 0.25) is 0 Å². The van der Waals surface area contributed by atoms with E-state index in [0.717, 1.165) is 36.8 Å². The molecule has 0 bridgehead atoms. The molecule has 4 nitrogen and oxygen atoms in total. The first-order valence-corrected chi connectivity index (χ1v) is 6.73. The molecule has 19 heavy (non-hydrogen) atoms. The van der Waals surface area contributed by atoms with E-state index in [-0.39, 0.29) is 12.2 Å². The molecule has 1 aliphatic heterocycles. The highest BCUT2D eigenvalue weighted by molar-refractivity contribution is 5.85. The summed E-state index contributed by atoms with van der Waals surface area (Å²) < 4.78 is 0. The number of aromatic nitrogens is 1. The Hall–Kier alpha value is -1.65. The second kappa shape index (κ2) is 5.15. The van der Waals surface area contributed by atoms with E-state index in [2.05, 4.69) is 9.88 Å². The first kappa shape index (κ1) is 12.4. The molecule has 2 heterocycles. The fourth-order valence-electron chi connectivity index (χ4n) is 3.00. The minimum Gasteiger partial charge on any atom is -0.395 e. The number of fused-ring (bicyclic) bond motifs is 1. The van der Waals surface area contributed by atoms with Gasteiger partial charge in [0.15, 0.2) is 0 Å². The van der Waals surface area contributed by atoms with Crippen molar-refractivity contribution in [2.45, 2.75) is 12.3 Å². The van der Waals surface area contributed by atoms with Crippen molar-refractivity contribution in [2.24, 2.45) is 0 Å². The molecule has 2 aromatic rings. The molecule has 1 fully saturated rings. The smallest absolute Gasteiger partial charge is 0.255 e. The van der Waals surface area contributed by atoms with Crippen molar-refractivity contribution in [1.29, 1.82) is 0 Å². The molecule has 1 aliphatic rings. The Bertz CT molecular complexity index is 635. The number of β-amino-alcohol motifs (C(OH)–C–C–N with tert-alkyl or cyclic N) is 1. The number of pyridine rings is 1. The summed E-state index contributed by atoms with van der Waals surface area (Å²) >= 11 is 0. The van der Waals surface area contributed by atoms with Crippen LogP contribution >= 0.6 is 0 Å². The van der Waals surface area contributed by atoms with E-state index < -0.39 is 0 Å². The van der Waals surface area contributed by atoms with Crippen molar-refractivity contribution >= 4 is 10.8 Å². The van der Waals surface area contributed by atoms with Gasteiger partial charge >= 0.3 is 0 Å². The average molecular weight is 258 g/mol. The number of rotatable bonds is 3. The Morgan fingerprint density at radius 2 is 2.11 bits per heavy atom. The van der Waals surface area contributed by atoms with Crippen LogP contribution in [-0.2, 0) is 0 Å². The lowest BCUT2D eigenvalue weighted by Gasteiger charge is -2.15. The van der Waals surface area contributed by atoms with Gasteiger partial charge < -0.3 is 15.0 Å². The average Bonchev–Trinajstić information content (AvgIpc) is 2.88. The Kier molecular flexibility index (Phi) is 3.36. The number of hydrogen-bond acceptors (Lipinski definition) is 3. The lowest BCUT2D eigenvalue weighted by Crippen LogP contribution is -2.24. The normalized spacial score (nSPS) is 20.2. The molecule has 1 unspecified atom stereocenters. The van der Waals surface area contributed by atoms with Crippen molar-refractivity contribution in [3.05, 3.63) is 46.4 Å². The van der Waals surface area contributed by atoms with Crippen LogP contribution in [0.3, 0.4) is 0 Å². The minimum absolute atomic E-state index is 0.0236. The van der Waals surface area contributed by atoms with Crippen LogP contribution < -0.4 is 5.56 Å². The van der Waals surface area contributed by atoms with Crippen LogP contribution in [0.2, 0.25) is 0 Å². The molecule has 1 atom stereocenters. The molecule has 1 aromatic heterocycles. The first-order chi connectivity index (χ1) is 9.29. The highest BCUT2D eigenvalue weighted by Gasteiger charge is 2.25. The Labute approximate surface area is 111 Å². The maximum Gasteiger partial charge on any atom is 0.255 e. The zero-order valence-corrected chi connectivity index (χ0v) is 10.8. The van der Waals surface area contributed by atoms with E-state index >= 15 is 0 Å². The predicted molar refractivity (Wildman–Crippen MR) is 75.5 cm³/mol. The van der Waals surface area contributed by atoms with E-state index in [0.29, 0.717) is 5.92 Å². The fraction of sp³-hybridized carbons (Fsp3) is 0.400. The van der Waals surface area contributed by atoms with Crippen molar-refractivity contribution in [3.63, 3.8) is 0 Å². The van der Waals surface area contributed by atoms with Crippen molar-refractivity contribution in [3.8, 4) is 0 Å². The van der Waals surface area contributed by atoms with E-state index in [9.17, 15) is 4.79 Å². The molecule has 3 rings (SSSR count). The van der Waals surface area contributed by atoms with Gasteiger partial charge in [-0.05, 0) is 35.9 Å². The zero-order chi connectivity index (χ0) is 13.2. The number of likely N-dealkylation sites (tertiary alicyclic amines) is 1.